The average Bonchev–Trinajstić information content (AvgIpc) is 1.80. The van der Waals surface area contributed by atoms with Crippen LogP contribution in [0.3, 0.4) is 0 Å². The zero-order valence-electron chi connectivity index (χ0n) is 4.44. The highest BCUT2D eigenvalue weighted by Crippen LogP contribution is 2.20. The van der Waals surface area contributed by atoms with Crippen LogP contribution in [0.1, 0.15) is 0 Å². The second kappa shape index (κ2) is 2.54. The van der Waals surface area contributed by atoms with Crippen LogP contribution in [0, 0.1) is 0 Å². The summed E-state index contributed by atoms with van der Waals surface area (Å²) in [6.45, 7) is 0. The lowest BCUT2D eigenvalue weighted by Gasteiger charge is -1.94. The van der Waals surface area contributed by atoms with E-state index in [4.69, 9.17) is 17.3 Å². The van der Waals surface area contributed by atoms with Crippen LogP contribution in [0.5, 0.6) is 0 Å². The molecule has 0 unspecified atom stereocenters. The Labute approximate surface area is 66.2 Å². The van der Waals surface area contributed by atoms with E-state index >= 15 is 0 Å². The van der Waals surface area contributed by atoms with E-state index in [0.717, 1.165) is 4.47 Å². The minimum absolute atomic E-state index is 0.441. The minimum Gasteiger partial charge on any atom is -0.397 e. The number of nitrogen functional groups attached to an aromatic ring is 1. The van der Waals surface area contributed by atoms with Crippen molar-refractivity contribution in [3.05, 3.63) is 21.9 Å². The Morgan fingerprint density at radius 3 is 2.78 bits per heavy atom. The summed E-state index contributed by atoms with van der Waals surface area (Å²) in [6.07, 6.45) is 1.51. The summed E-state index contributed by atoms with van der Waals surface area (Å²) in [7, 11) is 0. The van der Waals surface area contributed by atoms with E-state index < -0.39 is 0 Å². The highest BCUT2D eigenvalue weighted by molar-refractivity contribution is 9.10. The highest BCUT2D eigenvalue weighted by Gasteiger charge is 1.94. The van der Waals surface area contributed by atoms with Gasteiger partial charge in [0, 0.05) is 4.47 Å². The zero-order chi connectivity index (χ0) is 6.85. The van der Waals surface area contributed by atoms with Gasteiger partial charge >= 0.3 is 0 Å². The first-order chi connectivity index (χ1) is 4.20. The average molecular weight is 207 g/mol. The van der Waals surface area contributed by atoms with E-state index in [2.05, 4.69) is 20.9 Å². The van der Waals surface area contributed by atoms with Crippen molar-refractivity contribution in [3.8, 4) is 0 Å². The molecule has 1 rings (SSSR count). The second-order valence-corrected chi connectivity index (χ2v) is 2.77. The number of nitrogens with two attached hydrogens (primary N) is 1. The Kier molecular flexibility index (Phi) is 1.93. The predicted molar refractivity (Wildman–Crippen MR) is 41.4 cm³/mol. The van der Waals surface area contributed by atoms with Gasteiger partial charge < -0.3 is 5.73 Å². The number of halogens is 2. The lowest BCUT2D eigenvalue weighted by Crippen LogP contribution is -1.87. The van der Waals surface area contributed by atoms with Crippen LogP contribution in [0.15, 0.2) is 16.7 Å². The minimum atomic E-state index is 0.441. The topological polar surface area (TPSA) is 38.9 Å². The maximum absolute atomic E-state index is 5.52. The van der Waals surface area contributed by atoms with E-state index in [1.807, 2.05) is 0 Å². The molecule has 0 aromatic carbocycles. The predicted octanol–water partition coefficient (Wildman–Crippen LogP) is 2.08. The lowest BCUT2D eigenvalue weighted by molar-refractivity contribution is 1.32. The maximum Gasteiger partial charge on any atom is 0.130 e. The van der Waals surface area contributed by atoms with Gasteiger partial charge in [0.2, 0.25) is 0 Å². The van der Waals surface area contributed by atoms with Gasteiger partial charge in [0.15, 0.2) is 0 Å². The van der Waals surface area contributed by atoms with Crippen LogP contribution >= 0.6 is 27.5 Å². The molecule has 0 aliphatic carbocycles. The lowest BCUT2D eigenvalue weighted by atomic mass is 10.4. The molecule has 1 aromatic rings. The first-order valence-corrected chi connectivity index (χ1v) is 3.44. The van der Waals surface area contributed by atoms with E-state index in [9.17, 15) is 0 Å². The summed E-state index contributed by atoms with van der Waals surface area (Å²) in [5, 5.41) is 0.441. The molecule has 0 aliphatic rings. The Hall–Kier alpha value is -0.280. The molecular formula is C5H4BrClN2. The summed E-state index contributed by atoms with van der Waals surface area (Å²) in [4.78, 5) is 3.75. The van der Waals surface area contributed by atoms with Crippen LogP contribution in [0.2, 0.25) is 5.15 Å². The molecule has 9 heavy (non-hydrogen) atoms. The molecule has 1 aromatic heterocycles. The van der Waals surface area contributed by atoms with E-state index in [-0.39, 0.29) is 0 Å². The molecule has 2 N–H and O–H groups in total. The number of hydrogen-bond donors (Lipinski definition) is 1. The van der Waals surface area contributed by atoms with Crippen molar-refractivity contribution in [2.45, 2.75) is 0 Å². The SMILES string of the molecule is Nc1cnc(Cl)cc1Br. The number of anilines is 1. The van der Waals surface area contributed by atoms with Crippen molar-refractivity contribution in [1.82, 2.24) is 4.98 Å². The second-order valence-electron chi connectivity index (χ2n) is 1.53. The van der Waals surface area contributed by atoms with Gasteiger partial charge in [0.05, 0.1) is 11.9 Å². The summed E-state index contributed by atoms with van der Waals surface area (Å²) < 4.78 is 0.780. The van der Waals surface area contributed by atoms with Crippen LogP contribution in [0.4, 0.5) is 5.69 Å². The van der Waals surface area contributed by atoms with E-state index in [0.29, 0.717) is 10.8 Å². The monoisotopic (exact) mass is 206 g/mol. The standard InChI is InChI=1S/C5H4BrClN2/c6-3-1-5(7)9-2-4(3)8/h1-2H,8H2. The number of pyridine rings is 1. The Balaban J connectivity index is 3.17. The van der Waals surface area contributed by atoms with Crippen molar-refractivity contribution in [1.29, 1.82) is 0 Å². The molecule has 1 heterocycles. The Morgan fingerprint density at radius 1 is 1.67 bits per heavy atom. The largest absolute Gasteiger partial charge is 0.397 e. The third kappa shape index (κ3) is 1.56. The van der Waals surface area contributed by atoms with Crippen molar-refractivity contribution in [2.75, 3.05) is 5.73 Å². The molecule has 48 valence electrons. The van der Waals surface area contributed by atoms with Crippen LogP contribution in [0.25, 0.3) is 0 Å². The molecular weight excluding hydrogens is 203 g/mol. The van der Waals surface area contributed by atoms with Crippen molar-refractivity contribution in [3.63, 3.8) is 0 Å². The molecule has 0 radical (unpaired) electrons. The number of aromatic nitrogens is 1. The van der Waals surface area contributed by atoms with Gasteiger partial charge in [-0.1, -0.05) is 11.6 Å². The van der Waals surface area contributed by atoms with Gasteiger partial charge in [-0.05, 0) is 22.0 Å². The fourth-order valence-electron chi connectivity index (χ4n) is 0.418. The molecule has 0 spiro atoms. The Morgan fingerprint density at radius 2 is 2.33 bits per heavy atom. The highest BCUT2D eigenvalue weighted by atomic mass is 79.9. The summed E-state index contributed by atoms with van der Waals surface area (Å²) in [5.41, 5.74) is 6.02. The van der Waals surface area contributed by atoms with Gasteiger partial charge in [0.25, 0.3) is 0 Å². The van der Waals surface area contributed by atoms with Crippen LogP contribution in [-0.2, 0) is 0 Å². The molecule has 0 saturated heterocycles. The van der Waals surface area contributed by atoms with Gasteiger partial charge in [-0.25, -0.2) is 4.98 Å². The molecule has 4 heteroatoms. The van der Waals surface area contributed by atoms with E-state index in [1.54, 1.807) is 6.07 Å². The number of rotatable bonds is 0. The van der Waals surface area contributed by atoms with Crippen LogP contribution in [-0.4, -0.2) is 4.98 Å². The smallest absolute Gasteiger partial charge is 0.130 e. The van der Waals surface area contributed by atoms with Crippen LogP contribution < -0.4 is 5.73 Å². The summed E-state index contributed by atoms with van der Waals surface area (Å²) in [6, 6.07) is 1.65. The molecule has 0 saturated carbocycles. The summed E-state index contributed by atoms with van der Waals surface area (Å²) in [5.74, 6) is 0. The van der Waals surface area contributed by atoms with Gasteiger partial charge in [-0.3, -0.25) is 0 Å². The molecule has 0 aliphatic heterocycles. The summed E-state index contributed by atoms with van der Waals surface area (Å²) >= 11 is 8.72. The molecule has 0 bridgehead atoms. The van der Waals surface area contributed by atoms with Crippen molar-refractivity contribution >= 4 is 33.2 Å². The zero-order valence-corrected chi connectivity index (χ0v) is 6.78. The van der Waals surface area contributed by atoms with Gasteiger partial charge in [0.1, 0.15) is 5.15 Å². The van der Waals surface area contributed by atoms with E-state index in [1.165, 1.54) is 6.20 Å². The normalized spacial score (nSPS) is 9.56. The van der Waals surface area contributed by atoms with Crippen molar-refractivity contribution in [2.24, 2.45) is 0 Å². The fraction of sp³-hybridized carbons (Fsp3) is 0. The fourth-order valence-corrected chi connectivity index (χ4v) is 1.03. The third-order valence-electron chi connectivity index (χ3n) is 0.849. The quantitative estimate of drug-likeness (QED) is 0.662. The Bertz CT molecular complexity index is 226. The number of hydrogen-bond acceptors (Lipinski definition) is 2. The van der Waals surface area contributed by atoms with Gasteiger partial charge in [-0.15, -0.1) is 0 Å². The first-order valence-electron chi connectivity index (χ1n) is 2.26. The van der Waals surface area contributed by atoms with Crippen molar-refractivity contribution < 1.29 is 0 Å². The third-order valence-corrected chi connectivity index (χ3v) is 1.74. The first kappa shape index (κ1) is 6.83. The number of nitrogens with zero attached hydrogens (tertiary/aromatic N) is 1. The molecule has 2 nitrogen and oxygen atoms in total. The van der Waals surface area contributed by atoms with Gasteiger partial charge in [-0.2, -0.15) is 0 Å². The molecule has 0 fully saturated rings. The molecule has 0 amide bonds. The maximum atomic E-state index is 5.52. The molecule has 0 atom stereocenters.